The molecule has 1 aliphatic rings. The SMILES string of the molecule is CCOc1cc(Nc2nc(-c3ccc4cn[nH]c4c3)cn3ccnc23)ccc1N1CC(C)(O)C1. The number of aliphatic hydroxyl groups is 1. The van der Waals surface area contributed by atoms with Crippen LogP contribution in [0.15, 0.2) is 61.2 Å². The number of hydrogen-bond acceptors (Lipinski definition) is 7. The molecule has 1 fully saturated rings. The summed E-state index contributed by atoms with van der Waals surface area (Å²) in [6.45, 7) is 5.52. The molecule has 1 saturated heterocycles. The monoisotopic (exact) mass is 455 g/mol. The third-order valence-electron chi connectivity index (χ3n) is 6.04. The Hall–Kier alpha value is -4.11. The zero-order valence-electron chi connectivity index (χ0n) is 19.0. The van der Waals surface area contributed by atoms with Crippen LogP contribution in [0.5, 0.6) is 5.75 Å². The van der Waals surface area contributed by atoms with Gasteiger partial charge in [-0.3, -0.25) is 5.10 Å². The molecule has 9 heteroatoms. The number of benzene rings is 2. The van der Waals surface area contributed by atoms with Crippen LogP contribution < -0.4 is 15.0 Å². The van der Waals surface area contributed by atoms with Gasteiger partial charge < -0.3 is 24.5 Å². The van der Waals surface area contributed by atoms with Gasteiger partial charge in [0.25, 0.3) is 0 Å². The zero-order chi connectivity index (χ0) is 23.3. The first-order valence-electron chi connectivity index (χ1n) is 11.3. The van der Waals surface area contributed by atoms with Crippen molar-refractivity contribution in [2.24, 2.45) is 0 Å². The maximum atomic E-state index is 10.1. The van der Waals surface area contributed by atoms with Crippen LogP contribution in [-0.2, 0) is 0 Å². The van der Waals surface area contributed by atoms with Crippen molar-refractivity contribution in [3.8, 4) is 17.0 Å². The fraction of sp³-hybridized carbons (Fsp3) is 0.240. The molecule has 0 aliphatic carbocycles. The number of rotatable bonds is 6. The van der Waals surface area contributed by atoms with Crippen LogP contribution in [0.25, 0.3) is 27.8 Å². The number of nitrogens with zero attached hydrogens (tertiary/aromatic N) is 5. The van der Waals surface area contributed by atoms with E-state index in [1.165, 1.54) is 0 Å². The predicted molar refractivity (Wildman–Crippen MR) is 132 cm³/mol. The average molecular weight is 456 g/mol. The number of ether oxygens (including phenoxy) is 1. The molecule has 1 aliphatic heterocycles. The van der Waals surface area contributed by atoms with Gasteiger partial charge in [-0.05, 0) is 32.0 Å². The van der Waals surface area contributed by atoms with Gasteiger partial charge >= 0.3 is 0 Å². The fourth-order valence-electron chi connectivity index (χ4n) is 4.46. The lowest BCUT2D eigenvalue weighted by molar-refractivity contribution is 0.0307. The molecule has 6 rings (SSSR count). The lowest BCUT2D eigenvalue weighted by Gasteiger charge is -2.46. The van der Waals surface area contributed by atoms with Gasteiger partial charge in [-0.25, -0.2) is 9.97 Å². The second-order valence-corrected chi connectivity index (χ2v) is 8.90. The normalized spacial score (nSPS) is 15.0. The first kappa shape index (κ1) is 20.5. The molecule has 0 amide bonds. The topological polar surface area (TPSA) is 104 Å². The van der Waals surface area contributed by atoms with E-state index < -0.39 is 5.60 Å². The standard InChI is InChI=1S/C25H25N7O2/c1-3-34-22-11-18(6-7-21(22)32-14-25(2,33)15-32)28-23-24-26-8-9-31(24)13-20(29-23)16-4-5-17-12-27-30-19(17)10-16/h4-13,33H,3,14-15H2,1-2H3,(H,27,30)(H,28,29). The summed E-state index contributed by atoms with van der Waals surface area (Å²) in [7, 11) is 0. The highest BCUT2D eigenvalue weighted by Crippen LogP contribution is 2.37. The second kappa shape index (κ2) is 7.74. The van der Waals surface area contributed by atoms with E-state index in [1.54, 1.807) is 12.4 Å². The molecule has 5 aromatic rings. The third kappa shape index (κ3) is 3.60. The van der Waals surface area contributed by atoms with Crippen LogP contribution in [-0.4, -0.2) is 55.0 Å². The van der Waals surface area contributed by atoms with Gasteiger partial charge in [0.05, 0.1) is 35.3 Å². The number of aromatic amines is 1. The largest absolute Gasteiger partial charge is 0.492 e. The number of fused-ring (bicyclic) bond motifs is 2. The van der Waals surface area contributed by atoms with Gasteiger partial charge in [-0.1, -0.05) is 12.1 Å². The predicted octanol–water partition coefficient (Wildman–Crippen LogP) is 3.99. The molecular weight excluding hydrogens is 430 g/mol. The van der Waals surface area contributed by atoms with Crippen molar-refractivity contribution in [2.75, 3.05) is 29.9 Å². The fourth-order valence-corrected chi connectivity index (χ4v) is 4.46. The highest BCUT2D eigenvalue weighted by atomic mass is 16.5. The molecule has 172 valence electrons. The van der Waals surface area contributed by atoms with Crippen molar-refractivity contribution in [1.82, 2.24) is 24.6 Å². The van der Waals surface area contributed by atoms with E-state index in [-0.39, 0.29) is 0 Å². The van der Waals surface area contributed by atoms with Crippen molar-refractivity contribution in [2.45, 2.75) is 19.4 Å². The van der Waals surface area contributed by atoms with Gasteiger partial charge in [0.15, 0.2) is 11.5 Å². The van der Waals surface area contributed by atoms with E-state index in [0.29, 0.717) is 25.5 Å². The Labute approximate surface area is 196 Å². The molecule has 0 unspecified atom stereocenters. The summed E-state index contributed by atoms with van der Waals surface area (Å²) in [6.07, 6.45) is 7.44. The number of nitrogens with one attached hydrogen (secondary N) is 2. The summed E-state index contributed by atoms with van der Waals surface area (Å²) in [5.41, 5.74) is 4.64. The summed E-state index contributed by atoms with van der Waals surface area (Å²) in [5, 5.41) is 21.8. The van der Waals surface area contributed by atoms with Gasteiger partial charge in [0.2, 0.25) is 0 Å². The molecule has 0 saturated carbocycles. The molecule has 0 bridgehead atoms. The number of anilines is 3. The highest BCUT2D eigenvalue weighted by Gasteiger charge is 2.37. The van der Waals surface area contributed by atoms with Gasteiger partial charge in [0.1, 0.15) is 5.75 Å². The lowest BCUT2D eigenvalue weighted by atomic mass is 9.96. The lowest BCUT2D eigenvalue weighted by Crippen LogP contribution is -2.60. The van der Waals surface area contributed by atoms with Crippen LogP contribution in [0.1, 0.15) is 13.8 Å². The average Bonchev–Trinajstić information content (AvgIpc) is 3.47. The Kier molecular flexibility index (Phi) is 4.66. The van der Waals surface area contributed by atoms with Crippen LogP contribution >= 0.6 is 0 Å². The van der Waals surface area contributed by atoms with E-state index in [0.717, 1.165) is 44.9 Å². The third-order valence-corrected chi connectivity index (χ3v) is 6.04. The Morgan fingerprint density at radius 1 is 1.21 bits per heavy atom. The first-order valence-corrected chi connectivity index (χ1v) is 11.3. The minimum atomic E-state index is -0.656. The Morgan fingerprint density at radius 2 is 2.09 bits per heavy atom. The molecular formula is C25H25N7O2. The van der Waals surface area contributed by atoms with Gasteiger partial charge in [-0.15, -0.1) is 0 Å². The summed E-state index contributed by atoms with van der Waals surface area (Å²) in [5.74, 6) is 1.41. The minimum Gasteiger partial charge on any atom is -0.492 e. The van der Waals surface area contributed by atoms with Crippen LogP contribution in [0.4, 0.5) is 17.2 Å². The van der Waals surface area contributed by atoms with Crippen LogP contribution in [0.2, 0.25) is 0 Å². The molecule has 0 radical (unpaired) electrons. The summed E-state index contributed by atoms with van der Waals surface area (Å²) in [6, 6.07) is 12.1. The highest BCUT2D eigenvalue weighted by molar-refractivity contribution is 5.84. The smallest absolute Gasteiger partial charge is 0.180 e. The second-order valence-electron chi connectivity index (χ2n) is 8.90. The quantitative estimate of drug-likeness (QED) is 0.356. The van der Waals surface area contributed by atoms with Crippen molar-refractivity contribution in [1.29, 1.82) is 0 Å². The summed E-state index contributed by atoms with van der Waals surface area (Å²) >= 11 is 0. The molecule has 4 heterocycles. The van der Waals surface area contributed by atoms with Crippen LogP contribution in [0, 0.1) is 0 Å². The van der Waals surface area contributed by atoms with Crippen molar-refractivity contribution in [3.63, 3.8) is 0 Å². The Balaban J connectivity index is 1.36. The minimum absolute atomic E-state index is 0.551. The van der Waals surface area contributed by atoms with E-state index in [2.05, 4.69) is 25.4 Å². The summed E-state index contributed by atoms with van der Waals surface area (Å²) < 4.78 is 7.89. The molecule has 9 nitrogen and oxygen atoms in total. The van der Waals surface area contributed by atoms with Crippen molar-refractivity contribution >= 4 is 33.7 Å². The molecule has 3 N–H and O–H groups in total. The Bertz CT molecular complexity index is 1500. The molecule has 34 heavy (non-hydrogen) atoms. The maximum Gasteiger partial charge on any atom is 0.180 e. The number of aromatic nitrogens is 5. The molecule has 2 aromatic carbocycles. The maximum absolute atomic E-state index is 10.1. The van der Waals surface area contributed by atoms with Gasteiger partial charge in [0, 0.05) is 54.4 Å². The number of imidazole rings is 1. The van der Waals surface area contributed by atoms with Crippen molar-refractivity contribution < 1.29 is 9.84 Å². The molecule has 3 aromatic heterocycles. The Morgan fingerprint density at radius 3 is 2.91 bits per heavy atom. The van der Waals surface area contributed by atoms with E-state index in [4.69, 9.17) is 9.72 Å². The van der Waals surface area contributed by atoms with Crippen LogP contribution in [0.3, 0.4) is 0 Å². The molecule has 0 atom stereocenters. The number of β-amino-alcohol motifs (C(OH)–C–C–N with tert-alkyl or cyclic N) is 1. The van der Waals surface area contributed by atoms with Crippen molar-refractivity contribution in [3.05, 3.63) is 61.2 Å². The zero-order valence-corrected chi connectivity index (χ0v) is 19.0. The first-order chi connectivity index (χ1) is 16.5. The molecule has 0 spiro atoms. The van der Waals surface area contributed by atoms with E-state index in [1.807, 2.05) is 67.0 Å². The number of H-pyrrole nitrogens is 1. The van der Waals surface area contributed by atoms with E-state index in [9.17, 15) is 5.11 Å². The van der Waals surface area contributed by atoms with E-state index >= 15 is 0 Å². The number of hydrogen-bond donors (Lipinski definition) is 3. The summed E-state index contributed by atoms with van der Waals surface area (Å²) in [4.78, 5) is 11.5. The van der Waals surface area contributed by atoms with Gasteiger partial charge in [-0.2, -0.15) is 5.10 Å².